The highest BCUT2D eigenvalue weighted by Crippen LogP contribution is 2.30. The number of halogens is 3. The first-order valence-corrected chi connectivity index (χ1v) is 4.38. The van der Waals surface area contributed by atoms with Crippen molar-refractivity contribution in [1.29, 1.82) is 5.26 Å². The minimum absolute atomic E-state index is 0.0794. The van der Waals surface area contributed by atoms with Gasteiger partial charge in [0.25, 0.3) is 6.43 Å². The summed E-state index contributed by atoms with van der Waals surface area (Å²) in [5, 5.41) is 17.2. The number of carboxylic acids is 1. The minimum Gasteiger partial charge on any atom is -0.478 e. The zero-order valence-electron chi connectivity index (χ0n) is 7.04. The van der Waals surface area contributed by atoms with Crippen LogP contribution in [0.1, 0.15) is 28.0 Å². The summed E-state index contributed by atoms with van der Waals surface area (Å²) in [5.74, 6) is -1.53. The fraction of sp³-hybridized carbons (Fsp3) is 0.125. The van der Waals surface area contributed by atoms with Gasteiger partial charge in [-0.15, -0.1) is 0 Å². The van der Waals surface area contributed by atoms with Crippen LogP contribution in [0, 0.1) is 11.3 Å². The lowest BCUT2D eigenvalue weighted by Crippen LogP contribution is -2.08. The summed E-state index contributed by atoms with van der Waals surface area (Å²) in [6.45, 7) is 0. The Balaban J connectivity index is 3.60. The maximum Gasteiger partial charge on any atom is 0.337 e. The predicted molar refractivity (Wildman–Crippen MR) is 48.6 cm³/mol. The number of carboxylic acid groups (broad SMARTS) is 1. The number of alkyl halides is 2. The summed E-state index contributed by atoms with van der Waals surface area (Å²) in [6, 6.07) is 1.42. The summed E-state index contributed by atoms with van der Waals surface area (Å²) < 4.78 is 25.0. The Bertz CT molecular complexity index is 457. The molecule has 0 aromatic carbocycles. The van der Waals surface area contributed by atoms with Crippen LogP contribution in [0.2, 0.25) is 0 Å². The highest BCUT2D eigenvalue weighted by atomic mass is 79.9. The lowest BCUT2D eigenvalue weighted by molar-refractivity contribution is 0.0683. The standard InChI is InChI=1S/C8H3BrF2N2O2/c9-3-2-13-4(1-12)6(7(10)11)5(3)8(14)15/h2,7H,(H,14,15). The first-order valence-electron chi connectivity index (χ1n) is 3.59. The second kappa shape index (κ2) is 4.31. The molecule has 1 rings (SSSR count). The van der Waals surface area contributed by atoms with Crippen LogP contribution < -0.4 is 0 Å². The molecule has 0 bridgehead atoms. The van der Waals surface area contributed by atoms with Crippen LogP contribution in [0.15, 0.2) is 10.7 Å². The highest BCUT2D eigenvalue weighted by Gasteiger charge is 2.25. The number of hydrogen-bond acceptors (Lipinski definition) is 3. The van der Waals surface area contributed by atoms with Crippen LogP contribution in [0.3, 0.4) is 0 Å². The molecule has 78 valence electrons. The first kappa shape index (κ1) is 11.5. The number of rotatable bonds is 2. The summed E-state index contributed by atoms with van der Waals surface area (Å²) in [7, 11) is 0. The van der Waals surface area contributed by atoms with E-state index in [-0.39, 0.29) is 4.47 Å². The van der Waals surface area contributed by atoms with Crippen molar-refractivity contribution in [3.8, 4) is 6.07 Å². The van der Waals surface area contributed by atoms with E-state index in [0.29, 0.717) is 0 Å². The Labute approximate surface area is 91.3 Å². The Morgan fingerprint density at radius 1 is 1.67 bits per heavy atom. The normalized spacial score (nSPS) is 10.1. The quantitative estimate of drug-likeness (QED) is 0.900. The fourth-order valence-corrected chi connectivity index (χ4v) is 1.51. The summed E-state index contributed by atoms with van der Waals surface area (Å²) in [4.78, 5) is 14.1. The first-order chi connectivity index (χ1) is 6.99. The van der Waals surface area contributed by atoms with Crippen LogP contribution >= 0.6 is 15.9 Å². The Morgan fingerprint density at radius 2 is 2.27 bits per heavy atom. The minimum atomic E-state index is -3.06. The van der Waals surface area contributed by atoms with E-state index in [2.05, 4.69) is 20.9 Å². The Morgan fingerprint density at radius 3 is 2.67 bits per heavy atom. The van der Waals surface area contributed by atoms with Gasteiger partial charge in [0.05, 0.1) is 15.6 Å². The van der Waals surface area contributed by atoms with Crippen molar-refractivity contribution in [2.75, 3.05) is 0 Å². The maximum atomic E-state index is 12.5. The van der Waals surface area contributed by atoms with Crippen molar-refractivity contribution in [3.05, 3.63) is 27.5 Å². The largest absolute Gasteiger partial charge is 0.478 e. The van der Waals surface area contributed by atoms with E-state index >= 15 is 0 Å². The van der Waals surface area contributed by atoms with Gasteiger partial charge in [0.2, 0.25) is 0 Å². The van der Waals surface area contributed by atoms with Gasteiger partial charge in [-0.25, -0.2) is 18.6 Å². The number of aromatic nitrogens is 1. The number of pyridine rings is 1. The average molecular weight is 277 g/mol. The molecule has 15 heavy (non-hydrogen) atoms. The van der Waals surface area contributed by atoms with E-state index < -0.39 is 29.2 Å². The summed E-state index contributed by atoms with van der Waals surface area (Å²) >= 11 is 2.79. The molecule has 0 aliphatic rings. The van der Waals surface area contributed by atoms with Gasteiger partial charge in [0.15, 0.2) is 0 Å². The van der Waals surface area contributed by atoms with Gasteiger partial charge in [-0.3, -0.25) is 0 Å². The molecule has 0 saturated heterocycles. The molecule has 0 spiro atoms. The van der Waals surface area contributed by atoms with E-state index in [1.165, 1.54) is 6.07 Å². The second-order valence-electron chi connectivity index (χ2n) is 2.46. The summed E-state index contributed by atoms with van der Waals surface area (Å²) in [5.41, 5.74) is -2.07. The third-order valence-corrected chi connectivity index (χ3v) is 2.21. The third-order valence-electron chi connectivity index (χ3n) is 1.61. The van der Waals surface area contributed by atoms with Crippen molar-refractivity contribution < 1.29 is 18.7 Å². The fourth-order valence-electron chi connectivity index (χ4n) is 1.02. The number of carbonyl (C=O) groups is 1. The molecule has 0 radical (unpaired) electrons. The predicted octanol–water partition coefficient (Wildman–Crippen LogP) is 2.35. The second-order valence-corrected chi connectivity index (χ2v) is 3.32. The van der Waals surface area contributed by atoms with E-state index in [1.54, 1.807) is 0 Å². The monoisotopic (exact) mass is 276 g/mol. The van der Waals surface area contributed by atoms with Gasteiger partial charge in [-0.2, -0.15) is 5.26 Å². The Kier molecular flexibility index (Phi) is 3.31. The van der Waals surface area contributed by atoms with Gasteiger partial charge < -0.3 is 5.11 Å². The summed E-state index contributed by atoms with van der Waals surface area (Å²) in [6.07, 6.45) is -2.05. The topological polar surface area (TPSA) is 74.0 Å². The molecule has 0 aliphatic heterocycles. The number of hydrogen-bond donors (Lipinski definition) is 1. The lowest BCUT2D eigenvalue weighted by Gasteiger charge is -2.07. The number of aromatic carboxylic acids is 1. The maximum absolute atomic E-state index is 12.5. The van der Waals surface area contributed by atoms with Crippen LogP contribution in [-0.4, -0.2) is 16.1 Å². The third kappa shape index (κ3) is 2.10. The number of nitrogens with zero attached hydrogens (tertiary/aromatic N) is 2. The molecule has 0 fully saturated rings. The molecule has 7 heteroatoms. The van der Waals surface area contributed by atoms with E-state index in [0.717, 1.165) is 6.20 Å². The smallest absolute Gasteiger partial charge is 0.337 e. The molecule has 1 N–H and O–H groups in total. The SMILES string of the molecule is N#Cc1ncc(Br)c(C(=O)O)c1C(F)F. The zero-order valence-corrected chi connectivity index (χ0v) is 8.62. The van der Waals surface area contributed by atoms with Gasteiger partial charge in [0, 0.05) is 6.20 Å². The van der Waals surface area contributed by atoms with E-state index in [4.69, 9.17) is 10.4 Å². The molecule has 0 aliphatic carbocycles. The molecule has 1 aromatic heterocycles. The lowest BCUT2D eigenvalue weighted by atomic mass is 10.1. The van der Waals surface area contributed by atoms with E-state index in [9.17, 15) is 13.6 Å². The van der Waals surface area contributed by atoms with Gasteiger partial charge >= 0.3 is 5.97 Å². The molecule has 1 heterocycles. The van der Waals surface area contributed by atoms with Crippen molar-refractivity contribution >= 4 is 21.9 Å². The molecular weight excluding hydrogens is 274 g/mol. The van der Waals surface area contributed by atoms with Gasteiger partial charge in [-0.1, -0.05) is 0 Å². The average Bonchev–Trinajstić information content (AvgIpc) is 2.16. The number of nitriles is 1. The van der Waals surface area contributed by atoms with E-state index in [1.807, 2.05) is 0 Å². The molecule has 0 unspecified atom stereocenters. The van der Waals surface area contributed by atoms with Gasteiger partial charge in [0.1, 0.15) is 11.8 Å². The molecule has 0 amide bonds. The van der Waals surface area contributed by atoms with Crippen LogP contribution in [0.5, 0.6) is 0 Å². The van der Waals surface area contributed by atoms with Crippen molar-refractivity contribution in [3.63, 3.8) is 0 Å². The van der Waals surface area contributed by atoms with Gasteiger partial charge in [-0.05, 0) is 15.9 Å². The molecule has 0 saturated carbocycles. The Hall–Kier alpha value is -1.55. The van der Waals surface area contributed by atoms with Crippen molar-refractivity contribution in [2.45, 2.75) is 6.43 Å². The molecule has 0 atom stereocenters. The van der Waals surface area contributed by atoms with Crippen molar-refractivity contribution in [2.24, 2.45) is 0 Å². The zero-order chi connectivity index (χ0) is 11.6. The van der Waals surface area contributed by atoms with Crippen LogP contribution in [0.4, 0.5) is 8.78 Å². The molecule has 4 nitrogen and oxygen atoms in total. The molecular formula is C8H3BrF2N2O2. The highest BCUT2D eigenvalue weighted by molar-refractivity contribution is 9.10. The van der Waals surface area contributed by atoms with Crippen LogP contribution in [0.25, 0.3) is 0 Å². The van der Waals surface area contributed by atoms with Crippen molar-refractivity contribution in [1.82, 2.24) is 4.98 Å². The molecule has 1 aromatic rings. The van der Waals surface area contributed by atoms with Crippen LogP contribution in [-0.2, 0) is 0 Å².